The highest BCUT2D eigenvalue weighted by molar-refractivity contribution is 9.10. The summed E-state index contributed by atoms with van der Waals surface area (Å²) in [7, 11) is 0. The minimum Gasteiger partial charge on any atom is -0.494 e. The molecule has 100 valence electrons. The van der Waals surface area contributed by atoms with Crippen molar-refractivity contribution in [3.63, 3.8) is 0 Å². The van der Waals surface area contributed by atoms with E-state index in [2.05, 4.69) is 21.2 Å². The van der Waals surface area contributed by atoms with Crippen LogP contribution >= 0.6 is 15.9 Å². The van der Waals surface area contributed by atoms with Gasteiger partial charge in [0.25, 0.3) is 0 Å². The molecule has 0 spiro atoms. The summed E-state index contributed by atoms with van der Waals surface area (Å²) < 4.78 is 19.4. The number of halogens is 2. The molecule has 0 amide bonds. The summed E-state index contributed by atoms with van der Waals surface area (Å²) in [5.74, 6) is 0.617. The molecule has 2 nitrogen and oxygen atoms in total. The zero-order valence-corrected chi connectivity index (χ0v) is 12.2. The number of ether oxygens (including phenoxy) is 1. The third-order valence-corrected chi connectivity index (χ3v) is 3.43. The Morgan fingerprint density at radius 1 is 1.16 bits per heavy atom. The molecule has 0 aliphatic rings. The Morgan fingerprint density at radius 2 is 1.89 bits per heavy atom. The van der Waals surface area contributed by atoms with Gasteiger partial charge in [0.2, 0.25) is 0 Å². The lowest BCUT2D eigenvalue weighted by Gasteiger charge is -2.09. The summed E-state index contributed by atoms with van der Waals surface area (Å²) in [4.78, 5) is 0. The summed E-state index contributed by atoms with van der Waals surface area (Å²) in [5, 5.41) is 3.25. The predicted octanol–water partition coefficient (Wildman–Crippen LogP) is 4.60. The van der Waals surface area contributed by atoms with Crippen molar-refractivity contribution in [3.8, 4) is 5.75 Å². The molecule has 2 aromatic rings. The van der Waals surface area contributed by atoms with Crippen LogP contribution in [0.15, 0.2) is 46.9 Å². The average molecular weight is 324 g/mol. The van der Waals surface area contributed by atoms with E-state index in [1.165, 1.54) is 12.1 Å². The van der Waals surface area contributed by atoms with Crippen LogP contribution < -0.4 is 10.1 Å². The highest BCUT2D eigenvalue weighted by atomic mass is 79.9. The summed E-state index contributed by atoms with van der Waals surface area (Å²) in [6, 6.07) is 12.4. The molecular weight excluding hydrogens is 309 g/mol. The summed E-state index contributed by atoms with van der Waals surface area (Å²) >= 11 is 3.41. The third kappa shape index (κ3) is 3.96. The lowest BCUT2D eigenvalue weighted by atomic mass is 10.2. The highest BCUT2D eigenvalue weighted by Crippen LogP contribution is 2.20. The quantitative estimate of drug-likeness (QED) is 0.868. The molecule has 19 heavy (non-hydrogen) atoms. The first-order valence-electron chi connectivity index (χ1n) is 6.09. The molecule has 4 heteroatoms. The van der Waals surface area contributed by atoms with E-state index in [0.29, 0.717) is 13.2 Å². The van der Waals surface area contributed by atoms with Crippen molar-refractivity contribution in [2.24, 2.45) is 0 Å². The number of benzene rings is 2. The Balaban J connectivity index is 2.00. The van der Waals surface area contributed by atoms with E-state index in [-0.39, 0.29) is 5.82 Å². The van der Waals surface area contributed by atoms with Crippen LogP contribution in [0.4, 0.5) is 10.1 Å². The van der Waals surface area contributed by atoms with E-state index >= 15 is 0 Å². The van der Waals surface area contributed by atoms with Crippen molar-refractivity contribution in [3.05, 3.63) is 58.3 Å². The standard InChI is InChI=1S/C15H15BrFNO/c1-2-19-14-6-4-13(5-7-14)18-10-11-9-12(17)3-8-15(11)16/h3-9,18H,2,10H2,1H3. The molecule has 0 aromatic heterocycles. The van der Waals surface area contributed by atoms with E-state index in [4.69, 9.17) is 4.74 Å². The second-order valence-electron chi connectivity index (χ2n) is 4.05. The number of anilines is 1. The molecule has 0 radical (unpaired) electrons. The van der Waals surface area contributed by atoms with Gasteiger partial charge in [-0.1, -0.05) is 15.9 Å². The fourth-order valence-corrected chi connectivity index (χ4v) is 2.10. The molecule has 1 N–H and O–H groups in total. The predicted molar refractivity (Wildman–Crippen MR) is 79.0 cm³/mol. The molecule has 0 bridgehead atoms. The number of nitrogens with one attached hydrogen (secondary N) is 1. The monoisotopic (exact) mass is 323 g/mol. The molecule has 0 aliphatic heterocycles. The van der Waals surface area contributed by atoms with Gasteiger partial charge in [-0.3, -0.25) is 0 Å². The molecule has 0 heterocycles. The lowest BCUT2D eigenvalue weighted by molar-refractivity contribution is 0.340. The third-order valence-electron chi connectivity index (χ3n) is 2.66. The second-order valence-corrected chi connectivity index (χ2v) is 4.90. The van der Waals surface area contributed by atoms with Crippen LogP contribution in [-0.2, 0) is 6.54 Å². The van der Waals surface area contributed by atoms with Gasteiger partial charge in [0.1, 0.15) is 11.6 Å². The zero-order valence-electron chi connectivity index (χ0n) is 10.6. The van der Waals surface area contributed by atoms with Crippen molar-refractivity contribution in [1.82, 2.24) is 0 Å². The van der Waals surface area contributed by atoms with Crippen molar-refractivity contribution < 1.29 is 9.13 Å². The Kier molecular flexibility index (Phi) is 4.80. The van der Waals surface area contributed by atoms with Gasteiger partial charge >= 0.3 is 0 Å². The van der Waals surface area contributed by atoms with Crippen LogP contribution in [-0.4, -0.2) is 6.61 Å². The molecular formula is C15H15BrFNO. The van der Waals surface area contributed by atoms with Gasteiger partial charge in [-0.25, -0.2) is 4.39 Å². The molecule has 0 saturated heterocycles. The van der Waals surface area contributed by atoms with Gasteiger partial charge in [0, 0.05) is 16.7 Å². The average Bonchev–Trinajstić information content (AvgIpc) is 2.42. The van der Waals surface area contributed by atoms with Crippen molar-refractivity contribution in [2.45, 2.75) is 13.5 Å². The van der Waals surface area contributed by atoms with Gasteiger partial charge in [0.05, 0.1) is 6.61 Å². The van der Waals surface area contributed by atoms with E-state index < -0.39 is 0 Å². The maximum atomic E-state index is 13.1. The van der Waals surface area contributed by atoms with Gasteiger partial charge < -0.3 is 10.1 Å². The zero-order chi connectivity index (χ0) is 13.7. The minimum absolute atomic E-state index is 0.230. The second kappa shape index (κ2) is 6.57. The SMILES string of the molecule is CCOc1ccc(NCc2cc(F)ccc2Br)cc1. The number of hydrogen-bond donors (Lipinski definition) is 1. The fraction of sp³-hybridized carbons (Fsp3) is 0.200. The van der Waals surface area contributed by atoms with E-state index in [1.807, 2.05) is 31.2 Å². The Hall–Kier alpha value is -1.55. The van der Waals surface area contributed by atoms with Gasteiger partial charge in [-0.05, 0) is 55.0 Å². The maximum Gasteiger partial charge on any atom is 0.123 e. The van der Waals surface area contributed by atoms with Crippen molar-refractivity contribution in [2.75, 3.05) is 11.9 Å². The molecule has 2 rings (SSSR count). The lowest BCUT2D eigenvalue weighted by Crippen LogP contribution is -2.01. The van der Waals surface area contributed by atoms with Crippen LogP contribution in [0.1, 0.15) is 12.5 Å². The van der Waals surface area contributed by atoms with E-state index in [1.54, 1.807) is 6.07 Å². The summed E-state index contributed by atoms with van der Waals surface area (Å²) in [5.41, 5.74) is 1.86. The van der Waals surface area contributed by atoms with Gasteiger partial charge in [-0.15, -0.1) is 0 Å². The first-order valence-corrected chi connectivity index (χ1v) is 6.89. The van der Waals surface area contributed by atoms with Crippen LogP contribution in [0, 0.1) is 5.82 Å². The molecule has 0 fully saturated rings. The first-order chi connectivity index (χ1) is 9.19. The van der Waals surface area contributed by atoms with Gasteiger partial charge in [-0.2, -0.15) is 0 Å². The molecule has 0 aliphatic carbocycles. The van der Waals surface area contributed by atoms with Crippen molar-refractivity contribution >= 4 is 21.6 Å². The fourth-order valence-electron chi connectivity index (χ4n) is 1.71. The van der Waals surface area contributed by atoms with Gasteiger partial charge in [0.15, 0.2) is 0 Å². The van der Waals surface area contributed by atoms with Crippen molar-refractivity contribution in [1.29, 1.82) is 0 Å². The van der Waals surface area contributed by atoms with Crippen LogP contribution in [0.3, 0.4) is 0 Å². The smallest absolute Gasteiger partial charge is 0.123 e. The van der Waals surface area contributed by atoms with Crippen LogP contribution in [0.2, 0.25) is 0 Å². The summed E-state index contributed by atoms with van der Waals surface area (Å²) in [6.07, 6.45) is 0. The Bertz CT molecular complexity index is 542. The molecule has 0 saturated carbocycles. The molecule has 0 unspecified atom stereocenters. The Labute approximate surface area is 120 Å². The Morgan fingerprint density at radius 3 is 2.58 bits per heavy atom. The topological polar surface area (TPSA) is 21.3 Å². The maximum absolute atomic E-state index is 13.1. The molecule has 2 aromatic carbocycles. The number of hydrogen-bond acceptors (Lipinski definition) is 2. The molecule has 0 atom stereocenters. The highest BCUT2D eigenvalue weighted by Gasteiger charge is 2.02. The largest absolute Gasteiger partial charge is 0.494 e. The van der Waals surface area contributed by atoms with Crippen LogP contribution in [0.25, 0.3) is 0 Å². The van der Waals surface area contributed by atoms with E-state index in [9.17, 15) is 4.39 Å². The first kappa shape index (κ1) is 13.9. The van der Waals surface area contributed by atoms with E-state index in [0.717, 1.165) is 21.5 Å². The minimum atomic E-state index is -0.230. The normalized spacial score (nSPS) is 10.3. The number of rotatable bonds is 5. The summed E-state index contributed by atoms with van der Waals surface area (Å²) in [6.45, 7) is 3.17. The van der Waals surface area contributed by atoms with Crippen LogP contribution in [0.5, 0.6) is 5.75 Å².